The Morgan fingerprint density at radius 2 is 2.05 bits per heavy atom. The number of hydrogen-bond acceptors (Lipinski definition) is 3. The molecule has 0 aliphatic heterocycles. The molecule has 0 saturated carbocycles. The number of nitrogens with one attached hydrogen (secondary N) is 1. The van der Waals surface area contributed by atoms with Crippen molar-refractivity contribution in [1.82, 2.24) is 20.0 Å². The van der Waals surface area contributed by atoms with E-state index >= 15 is 0 Å². The highest BCUT2D eigenvalue weighted by Gasteiger charge is 2.12. The minimum atomic E-state index is 0.137. The lowest BCUT2D eigenvalue weighted by atomic mass is 10.2. The summed E-state index contributed by atoms with van der Waals surface area (Å²) in [6, 6.07) is 0. The Kier molecular flexibility index (Phi) is 6.02. The molecule has 0 atom stereocenters. The maximum Gasteiger partial charge on any atom is 0.223 e. The van der Waals surface area contributed by atoms with Crippen molar-refractivity contribution in [3.63, 3.8) is 0 Å². The summed E-state index contributed by atoms with van der Waals surface area (Å²) < 4.78 is 1.94. The summed E-state index contributed by atoms with van der Waals surface area (Å²) >= 11 is 0. The number of carbonyl (C=O) groups is 1. The zero-order valence-electron chi connectivity index (χ0n) is 12.8. The smallest absolute Gasteiger partial charge is 0.223 e. The van der Waals surface area contributed by atoms with Gasteiger partial charge in [0.2, 0.25) is 5.91 Å². The van der Waals surface area contributed by atoms with Crippen LogP contribution in [0.1, 0.15) is 36.7 Å². The topological polar surface area (TPSA) is 50.2 Å². The largest absolute Gasteiger partial charge is 0.349 e. The molecule has 0 bridgehead atoms. The summed E-state index contributed by atoms with van der Waals surface area (Å²) in [7, 11) is 3.56. The molecule has 5 heteroatoms. The first-order valence-corrected chi connectivity index (χ1v) is 6.91. The van der Waals surface area contributed by atoms with Crippen LogP contribution < -0.4 is 5.32 Å². The molecule has 1 aromatic rings. The van der Waals surface area contributed by atoms with Crippen molar-refractivity contribution < 1.29 is 4.79 Å². The van der Waals surface area contributed by atoms with Gasteiger partial charge in [-0.3, -0.25) is 9.48 Å². The van der Waals surface area contributed by atoms with Gasteiger partial charge in [0.05, 0.1) is 5.69 Å². The quantitative estimate of drug-likeness (QED) is 0.761. The van der Waals surface area contributed by atoms with Crippen LogP contribution in [0, 0.1) is 13.8 Å². The molecular formula is C14H26N4O. The molecule has 0 unspecified atom stereocenters. The van der Waals surface area contributed by atoms with E-state index in [9.17, 15) is 4.79 Å². The average molecular weight is 266 g/mol. The molecule has 1 heterocycles. The van der Waals surface area contributed by atoms with Gasteiger partial charge in [-0.05, 0) is 26.8 Å². The van der Waals surface area contributed by atoms with Gasteiger partial charge in [-0.15, -0.1) is 0 Å². The van der Waals surface area contributed by atoms with Crippen molar-refractivity contribution in [2.24, 2.45) is 0 Å². The van der Waals surface area contributed by atoms with E-state index in [-0.39, 0.29) is 5.91 Å². The minimum Gasteiger partial charge on any atom is -0.349 e. The van der Waals surface area contributed by atoms with Crippen LogP contribution >= 0.6 is 0 Å². The third kappa shape index (κ3) is 4.35. The SMILES string of the molecule is CCCNCc1c(C)nn(CCC(=O)N(C)C)c1C. The first-order chi connectivity index (χ1) is 8.97. The highest BCUT2D eigenvalue weighted by atomic mass is 16.2. The second-order valence-corrected chi connectivity index (χ2v) is 5.09. The third-order valence-corrected chi connectivity index (χ3v) is 3.30. The predicted octanol–water partition coefficient (Wildman–Crippen LogP) is 1.48. The van der Waals surface area contributed by atoms with Crippen molar-refractivity contribution in [3.8, 4) is 0 Å². The Bertz CT molecular complexity index is 423. The van der Waals surface area contributed by atoms with E-state index in [2.05, 4.69) is 24.3 Å². The molecule has 1 aromatic heterocycles. The van der Waals surface area contributed by atoms with Crippen molar-refractivity contribution in [1.29, 1.82) is 0 Å². The standard InChI is InChI=1S/C14H26N4O/c1-6-8-15-10-13-11(2)16-18(12(13)3)9-7-14(19)17(4)5/h15H,6-10H2,1-5H3. The highest BCUT2D eigenvalue weighted by Crippen LogP contribution is 2.13. The summed E-state index contributed by atoms with van der Waals surface area (Å²) in [6.07, 6.45) is 1.63. The van der Waals surface area contributed by atoms with Gasteiger partial charge in [0, 0.05) is 44.9 Å². The fourth-order valence-electron chi connectivity index (χ4n) is 2.02. The van der Waals surface area contributed by atoms with Gasteiger partial charge < -0.3 is 10.2 Å². The lowest BCUT2D eigenvalue weighted by Crippen LogP contribution is -2.23. The summed E-state index contributed by atoms with van der Waals surface area (Å²) in [5.41, 5.74) is 3.47. The van der Waals surface area contributed by atoms with Crippen molar-refractivity contribution >= 4 is 5.91 Å². The van der Waals surface area contributed by atoms with Gasteiger partial charge in [0.1, 0.15) is 0 Å². The molecule has 0 aliphatic rings. The Balaban J connectivity index is 2.65. The van der Waals surface area contributed by atoms with Gasteiger partial charge in [-0.25, -0.2) is 0 Å². The van der Waals surface area contributed by atoms with Gasteiger partial charge in [0.15, 0.2) is 0 Å². The van der Waals surface area contributed by atoms with E-state index in [1.54, 1.807) is 19.0 Å². The number of nitrogens with zero attached hydrogens (tertiary/aromatic N) is 3. The molecule has 1 amide bonds. The van der Waals surface area contributed by atoms with E-state index in [4.69, 9.17) is 0 Å². The van der Waals surface area contributed by atoms with Gasteiger partial charge in [-0.2, -0.15) is 5.10 Å². The lowest BCUT2D eigenvalue weighted by molar-refractivity contribution is -0.128. The Morgan fingerprint density at radius 1 is 1.37 bits per heavy atom. The van der Waals surface area contributed by atoms with E-state index in [0.29, 0.717) is 13.0 Å². The molecular weight excluding hydrogens is 240 g/mol. The fraction of sp³-hybridized carbons (Fsp3) is 0.714. The van der Waals surface area contributed by atoms with E-state index in [0.717, 1.165) is 30.9 Å². The molecule has 5 nitrogen and oxygen atoms in total. The lowest BCUT2D eigenvalue weighted by Gasteiger charge is -2.11. The summed E-state index contributed by atoms with van der Waals surface area (Å²) in [6.45, 7) is 8.78. The second-order valence-electron chi connectivity index (χ2n) is 5.09. The van der Waals surface area contributed by atoms with Crippen LogP contribution in [0.2, 0.25) is 0 Å². The first kappa shape index (κ1) is 15.7. The zero-order valence-corrected chi connectivity index (χ0v) is 12.8. The molecule has 0 saturated heterocycles. The predicted molar refractivity (Wildman–Crippen MR) is 77.0 cm³/mol. The first-order valence-electron chi connectivity index (χ1n) is 6.91. The fourth-order valence-corrected chi connectivity index (χ4v) is 2.02. The van der Waals surface area contributed by atoms with Crippen molar-refractivity contribution in [2.75, 3.05) is 20.6 Å². The molecule has 0 aromatic carbocycles. The monoisotopic (exact) mass is 266 g/mol. The van der Waals surface area contributed by atoms with Crippen LogP contribution in [-0.4, -0.2) is 41.2 Å². The number of rotatable bonds is 7. The Hall–Kier alpha value is -1.36. The minimum absolute atomic E-state index is 0.137. The van der Waals surface area contributed by atoms with E-state index < -0.39 is 0 Å². The van der Waals surface area contributed by atoms with E-state index in [1.165, 1.54) is 5.56 Å². The Morgan fingerprint density at radius 3 is 2.63 bits per heavy atom. The number of aryl methyl sites for hydroxylation is 2. The number of hydrogen-bond donors (Lipinski definition) is 1. The molecule has 0 fully saturated rings. The van der Waals surface area contributed by atoms with Crippen molar-refractivity contribution in [3.05, 3.63) is 17.0 Å². The maximum atomic E-state index is 11.6. The van der Waals surface area contributed by atoms with Crippen LogP contribution in [-0.2, 0) is 17.9 Å². The summed E-state index contributed by atoms with van der Waals surface area (Å²) in [5, 5.41) is 7.93. The zero-order chi connectivity index (χ0) is 14.4. The molecule has 19 heavy (non-hydrogen) atoms. The van der Waals surface area contributed by atoms with Crippen LogP contribution in [0.25, 0.3) is 0 Å². The van der Waals surface area contributed by atoms with Crippen LogP contribution in [0.3, 0.4) is 0 Å². The summed E-state index contributed by atoms with van der Waals surface area (Å²) in [4.78, 5) is 13.2. The molecule has 1 rings (SSSR count). The normalized spacial score (nSPS) is 10.8. The van der Waals surface area contributed by atoms with Crippen LogP contribution in [0.4, 0.5) is 0 Å². The molecule has 0 spiro atoms. The highest BCUT2D eigenvalue weighted by molar-refractivity contribution is 5.75. The number of carbonyl (C=O) groups excluding carboxylic acids is 1. The van der Waals surface area contributed by atoms with Crippen molar-refractivity contribution in [2.45, 2.75) is 46.7 Å². The second kappa shape index (κ2) is 7.28. The summed E-state index contributed by atoms with van der Waals surface area (Å²) in [5.74, 6) is 0.137. The van der Waals surface area contributed by atoms with Crippen LogP contribution in [0.15, 0.2) is 0 Å². The molecule has 0 aliphatic carbocycles. The van der Waals surface area contributed by atoms with Gasteiger partial charge in [0.25, 0.3) is 0 Å². The van der Waals surface area contributed by atoms with E-state index in [1.807, 2.05) is 11.6 Å². The number of amides is 1. The average Bonchev–Trinajstić information content (AvgIpc) is 2.63. The molecule has 0 radical (unpaired) electrons. The van der Waals surface area contributed by atoms with Gasteiger partial charge in [-0.1, -0.05) is 6.92 Å². The Labute approximate surface area is 116 Å². The number of aromatic nitrogens is 2. The van der Waals surface area contributed by atoms with Crippen LogP contribution in [0.5, 0.6) is 0 Å². The third-order valence-electron chi connectivity index (χ3n) is 3.30. The van der Waals surface area contributed by atoms with Gasteiger partial charge >= 0.3 is 0 Å². The maximum absolute atomic E-state index is 11.6. The molecule has 1 N–H and O–H groups in total. The molecule has 108 valence electrons.